The minimum absolute atomic E-state index is 0.0329. The number of rotatable bonds is 4. The lowest BCUT2D eigenvalue weighted by molar-refractivity contribution is 0.103. The molecule has 1 amide bonds. The van der Waals surface area contributed by atoms with Crippen LogP contribution >= 0.6 is 27.3 Å². The van der Waals surface area contributed by atoms with Gasteiger partial charge < -0.3 is 5.32 Å². The van der Waals surface area contributed by atoms with Crippen LogP contribution in [-0.2, 0) is 6.42 Å². The number of halogens is 1. The van der Waals surface area contributed by atoms with E-state index in [4.69, 9.17) is 0 Å². The summed E-state index contributed by atoms with van der Waals surface area (Å²) in [5, 5.41) is 3.88. The Morgan fingerprint density at radius 3 is 2.47 bits per heavy atom. The predicted octanol–water partition coefficient (Wildman–Crippen LogP) is 4.55. The number of hydrogen-bond donors (Lipinski definition) is 1. The van der Waals surface area contributed by atoms with Crippen LogP contribution < -0.4 is 5.32 Å². The van der Waals surface area contributed by atoms with Crippen LogP contribution in [0.3, 0.4) is 0 Å². The molecule has 0 aliphatic carbocycles. The average molecular weight is 338 g/mol. The molecule has 0 bridgehead atoms. The maximum Gasteiger partial charge on any atom is 0.265 e. The number of hydrogen-bond acceptors (Lipinski definition) is 2. The largest absolute Gasteiger partial charge is 0.321 e. The van der Waals surface area contributed by atoms with Crippen molar-refractivity contribution in [1.82, 2.24) is 0 Å². The molecule has 19 heavy (non-hydrogen) atoms. The van der Waals surface area contributed by atoms with Gasteiger partial charge in [0, 0.05) is 15.9 Å². The molecule has 0 fully saturated rings. The Hall–Kier alpha value is -1.13. The Morgan fingerprint density at radius 2 is 1.95 bits per heavy atom. The molecular weight excluding hydrogens is 322 g/mol. The highest BCUT2D eigenvalue weighted by Gasteiger charge is 2.10. The van der Waals surface area contributed by atoms with Crippen LogP contribution in [0.5, 0.6) is 0 Å². The first-order chi connectivity index (χ1) is 9.10. The van der Waals surface area contributed by atoms with E-state index in [1.807, 2.05) is 44.2 Å². The van der Waals surface area contributed by atoms with Gasteiger partial charge in [0.2, 0.25) is 0 Å². The molecule has 0 spiro atoms. The molecule has 0 saturated heterocycles. The number of nitrogens with one attached hydrogen (secondary N) is 1. The van der Waals surface area contributed by atoms with E-state index in [-0.39, 0.29) is 5.91 Å². The molecule has 4 heteroatoms. The molecule has 0 atom stereocenters. The number of carbonyl (C=O) groups excluding carboxylic acids is 1. The highest BCUT2D eigenvalue weighted by molar-refractivity contribution is 9.09. The second-order valence-corrected chi connectivity index (χ2v) is 6.49. The van der Waals surface area contributed by atoms with E-state index in [1.54, 1.807) is 0 Å². The molecule has 100 valence electrons. The number of carbonyl (C=O) groups is 1. The van der Waals surface area contributed by atoms with E-state index >= 15 is 0 Å². The fourth-order valence-corrected chi connectivity index (χ4v) is 3.13. The van der Waals surface area contributed by atoms with Gasteiger partial charge in [0.15, 0.2) is 0 Å². The van der Waals surface area contributed by atoms with Gasteiger partial charge in [-0.05, 0) is 49.6 Å². The second kappa shape index (κ2) is 6.35. The van der Waals surface area contributed by atoms with Crippen molar-refractivity contribution in [3.05, 3.63) is 51.2 Å². The van der Waals surface area contributed by atoms with Crippen LogP contribution in [0.2, 0.25) is 0 Å². The van der Waals surface area contributed by atoms with Crippen molar-refractivity contribution in [3.63, 3.8) is 0 Å². The quantitative estimate of drug-likeness (QED) is 0.814. The topological polar surface area (TPSA) is 29.1 Å². The third-order valence-corrected chi connectivity index (χ3v) is 4.53. The molecule has 0 radical (unpaired) electrons. The summed E-state index contributed by atoms with van der Waals surface area (Å²) in [7, 11) is 0. The summed E-state index contributed by atoms with van der Waals surface area (Å²) in [6, 6.07) is 9.92. The van der Waals surface area contributed by atoms with Crippen LogP contribution in [0.15, 0.2) is 30.3 Å². The Bertz CT molecular complexity index is 555. The normalized spacial score (nSPS) is 10.5. The first-order valence-corrected chi connectivity index (χ1v) is 8.07. The van der Waals surface area contributed by atoms with Gasteiger partial charge in [0.1, 0.15) is 0 Å². The van der Waals surface area contributed by atoms with Crippen molar-refractivity contribution in [3.8, 4) is 0 Å². The summed E-state index contributed by atoms with van der Waals surface area (Å²) in [6.07, 6.45) is 0.998. The number of amides is 1. The van der Waals surface area contributed by atoms with Gasteiger partial charge in [-0.1, -0.05) is 28.1 Å². The zero-order chi connectivity index (χ0) is 13.8. The highest BCUT2D eigenvalue weighted by Crippen LogP contribution is 2.22. The number of alkyl halides is 1. The molecule has 0 saturated carbocycles. The maximum absolute atomic E-state index is 12.1. The van der Waals surface area contributed by atoms with E-state index in [2.05, 4.69) is 21.2 Å². The SMILES string of the molecule is Cc1cc(C(=O)Nc2ccc(CCBr)cc2)sc1C. The van der Waals surface area contributed by atoms with Gasteiger partial charge in [0.25, 0.3) is 5.91 Å². The van der Waals surface area contributed by atoms with Crippen molar-refractivity contribution in [2.45, 2.75) is 20.3 Å². The van der Waals surface area contributed by atoms with Gasteiger partial charge in [-0.15, -0.1) is 11.3 Å². The standard InChI is InChI=1S/C15H16BrNOS/c1-10-9-14(19-11(10)2)15(18)17-13-5-3-12(4-6-13)7-8-16/h3-6,9H,7-8H2,1-2H3,(H,17,18). The predicted molar refractivity (Wildman–Crippen MR) is 85.7 cm³/mol. The van der Waals surface area contributed by atoms with E-state index < -0.39 is 0 Å². The van der Waals surface area contributed by atoms with E-state index in [0.29, 0.717) is 0 Å². The van der Waals surface area contributed by atoms with Crippen molar-refractivity contribution in [2.75, 3.05) is 10.6 Å². The minimum Gasteiger partial charge on any atom is -0.321 e. The highest BCUT2D eigenvalue weighted by atomic mass is 79.9. The number of aryl methyl sites for hydroxylation is 3. The Balaban J connectivity index is 2.06. The minimum atomic E-state index is -0.0329. The lowest BCUT2D eigenvalue weighted by Crippen LogP contribution is -2.10. The third-order valence-electron chi connectivity index (χ3n) is 2.98. The van der Waals surface area contributed by atoms with Crippen LogP contribution in [0, 0.1) is 13.8 Å². The first-order valence-electron chi connectivity index (χ1n) is 6.13. The third kappa shape index (κ3) is 3.67. The van der Waals surface area contributed by atoms with Gasteiger partial charge in [-0.25, -0.2) is 0 Å². The van der Waals surface area contributed by atoms with Gasteiger partial charge in [-0.3, -0.25) is 4.79 Å². The molecule has 0 unspecified atom stereocenters. The molecule has 0 aliphatic rings. The zero-order valence-corrected chi connectivity index (χ0v) is 13.4. The van der Waals surface area contributed by atoms with E-state index in [1.165, 1.54) is 27.3 Å². The van der Waals surface area contributed by atoms with Crippen molar-refractivity contribution < 1.29 is 4.79 Å². The van der Waals surface area contributed by atoms with E-state index in [9.17, 15) is 4.79 Å². The number of anilines is 1. The summed E-state index contributed by atoms with van der Waals surface area (Å²) < 4.78 is 0. The van der Waals surface area contributed by atoms with Crippen LogP contribution in [0.25, 0.3) is 0 Å². The summed E-state index contributed by atoms with van der Waals surface area (Å²) in [6.45, 7) is 4.06. The molecule has 1 heterocycles. The molecule has 0 aliphatic heterocycles. The zero-order valence-electron chi connectivity index (χ0n) is 11.0. The van der Waals surface area contributed by atoms with E-state index in [0.717, 1.165) is 22.3 Å². The smallest absolute Gasteiger partial charge is 0.265 e. The van der Waals surface area contributed by atoms with Crippen molar-refractivity contribution in [2.24, 2.45) is 0 Å². The van der Waals surface area contributed by atoms with Gasteiger partial charge in [-0.2, -0.15) is 0 Å². The molecule has 1 N–H and O–H groups in total. The Labute approximate surface area is 126 Å². The maximum atomic E-state index is 12.1. The second-order valence-electron chi connectivity index (χ2n) is 4.44. The van der Waals surface area contributed by atoms with Gasteiger partial charge in [0.05, 0.1) is 4.88 Å². The van der Waals surface area contributed by atoms with Crippen molar-refractivity contribution >= 4 is 38.9 Å². The molecule has 2 aromatic rings. The first kappa shape index (κ1) is 14.3. The van der Waals surface area contributed by atoms with Gasteiger partial charge >= 0.3 is 0 Å². The summed E-state index contributed by atoms with van der Waals surface area (Å²) >= 11 is 4.95. The van der Waals surface area contributed by atoms with Crippen LogP contribution in [0.4, 0.5) is 5.69 Å². The van der Waals surface area contributed by atoms with Crippen LogP contribution in [-0.4, -0.2) is 11.2 Å². The molecule has 1 aromatic carbocycles. The lowest BCUT2D eigenvalue weighted by atomic mass is 10.1. The number of benzene rings is 1. The van der Waals surface area contributed by atoms with Crippen molar-refractivity contribution in [1.29, 1.82) is 0 Å². The average Bonchev–Trinajstić information content (AvgIpc) is 2.72. The summed E-state index contributed by atoms with van der Waals surface area (Å²) in [4.78, 5) is 14.0. The van der Waals surface area contributed by atoms with Crippen LogP contribution in [0.1, 0.15) is 25.7 Å². The summed E-state index contributed by atoms with van der Waals surface area (Å²) in [5.41, 5.74) is 3.27. The summed E-state index contributed by atoms with van der Waals surface area (Å²) in [5.74, 6) is -0.0329. The monoisotopic (exact) mass is 337 g/mol. The Morgan fingerprint density at radius 1 is 1.26 bits per heavy atom. The molecular formula is C15H16BrNOS. The molecule has 2 rings (SSSR count). The lowest BCUT2D eigenvalue weighted by Gasteiger charge is -2.04. The fourth-order valence-electron chi connectivity index (χ4n) is 1.74. The molecule has 1 aromatic heterocycles. The Kier molecular flexibility index (Phi) is 4.77. The molecule has 2 nitrogen and oxygen atoms in total. The fraction of sp³-hybridized carbons (Fsp3) is 0.267. The number of thiophene rings is 1.